The molecule has 1 saturated heterocycles. The first-order valence-electron chi connectivity index (χ1n) is 8.71. The molecular formula is C18H24N3O5. The van der Waals surface area contributed by atoms with Gasteiger partial charge in [-0.2, -0.15) is 4.98 Å². The minimum Gasteiger partial charge on any atom is -0.394 e. The molecule has 1 aliphatic heterocycles. The van der Waals surface area contributed by atoms with Crippen LogP contribution in [0.3, 0.4) is 0 Å². The Labute approximate surface area is 152 Å². The van der Waals surface area contributed by atoms with E-state index in [0.717, 1.165) is 23.8 Å². The number of nitrogens with zero attached hydrogens (tertiary/aromatic N) is 2. The second-order valence-electron chi connectivity index (χ2n) is 6.37. The molecule has 2 aliphatic rings. The third-order valence-electron chi connectivity index (χ3n) is 4.52. The van der Waals surface area contributed by atoms with Gasteiger partial charge < -0.3 is 25.4 Å². The SMILES string of the molecule is Nc1ccn([C@@H]2O[C@H](CO)[C@@H](OCCCC[C]3[CH][CH][CH][CH]3)[C@H]2O)c(=O)n1. The molecule has 8 nitrogen and oxygen atoms in total. The van der Waals surface area contributed by atoms with Crippen LogP contribution in [0.1, 0.15) is 25.5 Å². The van der Waals surface area contributed by atoms with Crippen LogP contribution in [0, 0.1) is 31.6 Å². The Hall–Kier alpha value is -1.48. The van der Waals surface area contributed by atoms with Gasteiger partial charge in [0.15, 0.2) is 6.23 Å². The van der Waals surface area contributed by atoms with E-state index < -0.39 is 30.2 Å². The van der Waals surface area contributed by atoms with Crippen LogP contribution in [0.2, 0.25) is 0 Å². The molecule has 2 fully saturated rings. The van der Waals surface area contributed by atoms with E-state index >= 15 is 0 Å². The van der Waals surface area contributed by atoms with Crippen LogP contribution in [-0.4, -0.2) is 51.3 Å². The average Bonchev–Trinajstić information content (AvgIpc) is 3.23. The van der Waals surface area contributed by atoms with Gasteiger partial charge in [-0.15, -0.1) is 0 Å². The van der Waals surface area contributed by atoms with Crippen molar-refractivity contribution < 1.29 is 19.7 Å². The molecule has 0 spiro atoms. The van der Waals surface area contributed by atoms with E-state index in [2.05, 4.69) is 17.8 Å². The zero-order valence-electron chi connectivity index (χ0n) is 14.4. The van der Waals surface area contributed by atoms with Gasteiger partial charge in [-0.25, -0.2) is 4.79 Å². The molecule has 0 bridgehead atoms. The van der Waals surface area contributed by atoms with Gasteiger partial charge in [0.1, 0.15) is 24.1 Å². The maximum absolute atomic E-state index is 12.0. The third kappa shape index (κ3) is 4.43. The lowest BCUT2D eigenvalue weighted by atomic mass is 10.0. The zero-order valence-corrected chi connectivity index (χ0v) is 14.4. The van der Waals surface area contributed by atoms with E-state index in [0.29, 0.717) is 6.61 Å². The van der Waals surface area contributed by atoms with Gasteiger partial charge in [0.05, 0.1) is 6.61 Å². The molecule has 2 heterocycles. The van der Waals surface area contributed by atoms with Crippen molar-refractivity contribution in [1.29, 1.82) is 0 Å². The van der Waals surface area contributed by atoms with Gasteiger partial charge in [-0.3, -0.25) is 4.57 Å². The van der Waals surface area contributed by atoms with Crippen LogP contribution in [0.15, 0.2) is 17.1 Å². The summed E-state index contributed by atoms with van der Waals surface area (Å²) in [4.78, 5) is 15.6. The number of rotatable bonds is 8. The first-order chi connectivity index (χ1) is 12.6. The highest BCUT2D eigenvalue weighted by molar-refractivity contribution is 5.34. The predicted octanol–water partition coefficient (Wildman–Crippen LogP) is 0.0369. The molecule has 1 aromatic rings. The van der Waals surface area contributed by atoms with Crippen molar-refractivity contribution >= 4 is 5.82 Å². The second kappa shape index (κ2) is 8.94. The fraction of sp³-hybridized carbons (Fsp3) is 0.500. The predicted molar refractivity (Wildman–Crippen MR) is 93.9 cm³/mol. The van der Waals surface area contributed by atoms with Gasteiger partial charge in [0.2, 0.25) is 0 Å². The van der Waals surface area contributed by atoms with Crippen LogP contribution < -0.4 is 11.4 Å². The zero-order chi connectivity index (χ0) is 18.5. The minimum absolute atomic E-state index is 0.0927. The number of hydrogen-bond acceptors (Lipinski definition) is 7. The number of hydrogen-bond donors (Lipinski definition) is 3. The molecule has 0 unspecified atom stereocenters. The maximum atomic E-state index is 12.0. The van der Waals surface area contributed by atoms with Crippen LogP contribution in [0.25, 0.3) is 0 Å². The molecular weight excluding hydrogens is 338 g/mol. The van der Waals surface area contributed by atoms with Gasteiger partial charge in [-0.1, -0.05) is 6.42 Å². The topological polar surface area (TPSA) is 120 Å². The highest BCUT2D eigenvalue weighted by Gasteiger charge is 2.45. The van der Waals surface area contributed by atoms with Gasteiger partial charge in [0, 0.05) is 12.8 Å². The number of nitrogen functional groups attached to an aromatic ring is 1. The normalized spacial score (nSPS) is 29.5. The summed E-state index contributed by atoms with van der Waals surface area (Å²) < 4.78 is 12.5. The van der Waals surface area contributed by atoms with E-state index in [9.17, 15) is 15.0 Å². The summed E-state index contributed by atoms with van der Waals surface area (Å²) in [6.07, 6.45) is 8.86. The number of aliphatic hydroxyl groups is 2. The second-order valence-corrected chi connectivity index (χ2v) is 6.37. The Bertz CT molecular complexity index is 631. The summed E-state index contributed by atoms with van der Waals surface area (Å²) in [6.45, 7) is 0.118. The minimum atomic E-state index is -1.09. The number of anilines is 1. The van der Waals surface area contributed by atoms with E-state index in [4.69, 9.17) is 15.2 Å². The lowest BCUT2D eigenvalue weighted by Gasteiger charge is -2.20. The van der Waals surface area contributed by atoms with E-state index in [-0.39, 0.29) is 12.4 Å². The lowest BCUT2D eigenvalue weighted by molar-refractivity contribution is -0.0625. The average molecular weight is 362 g/mol. The third-order valence-corrected chi connectivity index (χ3v) is 4.52. The van der Waals surface area contributed by atoms with Crippen molar-refractivity contribution in [2.45, 2.75) is 43.8 Å². The van der Waals surface area contributed by atoms with Crippen molar-refractivity contribution in [2.75, 3.05) is 18.9 Å². The smallest absolute Gasteiger partial charge is 0.351 e. The molecule has 0 amide bonds. The van der Waals surface area contributed by atoms with Crippen LogP contribution in [-0.2, 0) is 9.47 Å². The van der Waals surface area contributed by atoms with Crippen molar-refractivity contribution in [2.24, 2.45) is 0 Å². The van der Waals surface area contributed by atoms with Crippen LogP contribution >= 0.6 is 0 Å². The first-order valence-corrected chi connectivity index (χ1v) is 8.71. The number of aliphatic hydroxyl groups excluding tert-OH is 2. The largest absolute Gasteiger partial charge is 0.394 e. The van der Waals surface area contributed by atoms with E-state index in [1.807, 2.05) is 12.8 Å². The highest BCUT2D eigenvalue weighted by Crippen LogP contribution is 2.31. The first kappa shape index (κ1) is 19.3. The van der Waals surface area contributed by atoms with E-state index in [1.165, 1.54) is 18.2 Å². The summed E-state index contributed by atoms with van der Waals surface area (Å²) in [5.74, 6) is 1.38. The van der Waals surface area contributed by atoms with Crippen molar-refractivity contribution in [1.82, 2.24) is 9.55 Å². The van der Waals surface area contributed by atoms with Gasteiger partial charge in [0.25, 0.3) is 0 Å². The Balaban J connectivity index is 1.52. The molecule has 1 aliphatic carbocycles. The van der Waals surface area contributed by atoms with Gasteiger partial charge in [-0.05, 0) is 50.5 Å². The molecule has 1 aromatic heterocycles. The molecule has 1 saturated carbocycles. The van der Waals surface area contributed by atoms with Crippen molar-refractivity contribution in [3.8, 4) is 0 Å². The van der Waals surface area contributed by atoms with Gasteiger partial charge >= 0.3 is 5.69 Å². The number of nitrogens with two attached hydrogens (primary N) is 1. The summed E-state index contributed by atoms with van der Waals surface area (Å²) >= 11 is 0. The molecule has 141 valence electrons. The fourth-order valence-electron chi connectivity index (χ4n) is 3.15. The monoisotopic (exact) mass is 362 g/mol. The summed E-state index contributed by atoms with van der Waals surface area (Å²) in [5.41, 5.74) is 4.85. The lowest BCUT2D eigenvalue weighted by Crippen LogP contribution is -2.38. The van der Waals surface area contributed by atoms with Crippen LogP contribution in [0.4, 0.5) is 5.82 Å². The molecule has 26 heavy (non-hydrogen) atoms. The standard InChI is InChI=1S/C18H24N3O5/c19-14-8-9-21(18(24)20-14)17-15(23)16(13(11-22)26-17)25-10-4-3-7-12-5-1-2-6-12/h1-2,5-6,8-9,13,15-17,22-23H,3-4,7,10-11H2,(H2,19,20,24)/t13-,15-,16-,17-/m1/s1. The highest BCUT2D eigenvalue weighted by atomic mass is 16.6. The Morgan fingerprint density at radius 3 is 2.77 bits per heavy atom. The molecule has 0 aromatic carbocycles. The Morgan fingerprint density at radius 1 is 1.31 bits per heavy atom. The van der Waals surface area contributed by atoms with Crippen molar-refractivity contribution in [3.05, 3.63) is 54.3 Å². The molecule has 4 N–H and O–H groups in total. The van der Waals surface area contributed by atoms with E-state index in [1.54, 1.807) is 0 Å². The Morgan fingerprint density at radius 2 is 2.08 bits per heavy atom. The number of aromatic nitrogens is 2. The summed E-state index contributed by atoms with van der Waals surface area (Å²) in [5, 5.41) is 20.0. The molecule has 8 heteroatoms. The summed E-state index contributed by atoms with van der Waals surface area (Å²) in [7, 11) is 0. The molecule has 3 rings (SSSR count). The quantitative estimate of drug-likeness (QED) is 0.558. The summed E-state index contributed by atoms with van der Waals surface area (Å²) in [6, 6.07) is 1.45. The number of unbranched alkanes of at least 4 members (excludes halogenated alkanes) is 1. The number of ether oxygens (including phenoxy) is 2. The molecule has 5 radical (unpaired) electrons. The maximum Gasteiger partial charge on any atom is 0.351 e. The fourth-order valence-corrected chi connectivity index (χ4v) is 3.15. The molecule has 4 atom stereocenters. The van der Waals surface area contributed by atoms with Crippen LogP contribution in [0.5, 0.6) is 0 Å². The van der Waals surface area contributed by atoms with Crippen molar-refractivity contribution in [3.63, 3.8) is 0 Å². The Kier molecular flexibility index (Phi) is 6.63.